The van der Waals surface area contributed by atoms with E-state index in [1.807, 2.05) is 43.7 Å². The molecule has 0 saturated carbocycles. The molecule has 1 saturated heterocycles. The first kappa shape index (κ1) is 15.8. The summed E-state index contributed by atoms with van der Waals surface area (Å²) in [4.78, 5) is 2.70. The predicted octanol–water partition coefficient (Wildman–Crippen LogP) is 2.44. The second-order valence-corrected chi connectivity index (χ2v) is 9.27. The summed E-state index contributed by atoms with van der Waals surface area (Å²) in [6.45, 7) is 2.03. The number of furan rings is 1. The normalized spacial score (nSPS) is 23.9. The van der Waals surface area contributed by atoms with Crippen LogP contribution in [0.2, 0.25) is 0 Å². The summed E-state index contributed by atoms with van der Waals surface area (Å²) in [5.74, 6) is 0.778. The van der Waals surface area contributed by atoms with Gasteiger partial charge in [0.25, 0.3) is 0 Å². The van der Waals surface area contributed by atoms with Gasteiger partial charge in [0.1, 0.15) is 5.76 Å². The van der Waals surface area contributed by atoms with Crippen molar-refractivity contribution in [1.29, 1.82) is 0 Å². The number of rotatable bonds is 3. The fourth-order valence-electron chi connectivity index (χ4n) is 4.26. The largest absolute Gasteiger partial charge is 0.464 e. The van der Waals surface area contributed by atoms with Crippen molar-refractivity contribution in [2.75, 3.05) is 13.1 Å². The Morgan fingerprint density at radius 1 is 1.27 bits per heavy atom. The maximum absolute atomic E-state index is 13.0. The Hall–Kier alpha value is -2.38. The monoisotopic (exact) mass is 369 g/mol. The van der Waals surface area contributed by atoms with E-state index < -0.39 is 9.84 Å². The average Bonchev–Trinajstić information content (AvgIpc) is 3.37. The summed E-state index contributed by atoms with van der Waals surface area (Å²) in [6.07, 6.45) is 5.45. The fraction of sp³-hybridized carbons (Fsp3) is 0.316. The molecule has 0 bridgehead atoms. The van der Waals surface area contributed by atoms with E-state index in [1.54, 1.807) is 17.0 Å². The minimum atomic E-state index is -3.28. The van der Waals surface area contributed by atoms with Crippen LogP contribution in [-0.2, 0) is 23.4 Å². The van der Waals surface area contributed by atoms with E-state index in [1.165, 1.54) is 0 Å². The first-order valence-electron chi connectivity index (χ1n) is 8.64. The number of hydrogen-bond acceptors (Lipinski definition) is 5. The van der Waals surface area contributed by atoms with Gasteiger partial charge in [0.05, 0.1) is 22.6 Å². The van der Waals surface area contributed by atoms with Crippen LogP contribution in [0.5, 0.6) is 0 Å². The van der Waals surface area contributed by atoms with Crippen LogP contribution in [0.1, 0.15) is 17.0 Å². The van der Waals surface area contributed by atoms with Gasteiger partial charge < -0.3 is 4.42 Å². The molecule has 2 aliphatic rings. The lowest BCUT2D eigenvalue weighted by atomic mass is 9.96. The number of sulfone groups is 1. The molecule has 26 heavy (non-hydrogen) atoms. The van der Waals surface area contributed by atoms with Gasteiger partial charge in [-0.3, -0.25) is 9.58 Å². The Kier molecular flexibility index (Phi) is 3.39. The molecule has 1 fully saturated rings. The first-order valence-corrected chi connectivity index (χ1v) is 10.2. The summed E-state index contributed by atoms with van der Waals surface area (Å²) < 4.78 is 33.2. The van der Waals surface area contributed by atoms with Crippen molar-refractivity contribution in [1.82, 2.24) is 14.7 Å². The summed E-state index contributed by atoms with van der Waals surface area (Å²) >= 11 is 0. The molecule has 134 valence electrons. The van der Waals surface area contributed by atoms with E-state index in [2.05, 4.69) is 10.00 Å². The SMILES string of the molecule is Cn1cc(CN2CC3c4cc(-c5ccco5)ccc4S(=O)(=O)C3C2)cn1. The zero-order chi connectivity index (χ0) is 17.9. The highest BCUT2D eigenvalue weighted by Gasteiger charge is 2.50. The number of nitrogens with zero attached hydrogens (tertiary/aromatic N) is 3. The molecule has 0 N–H and O–H groups in total. The van der Waals surface area contributed by atoms with Crippen LogP contribution in [-0.4, -0.2) is 41.4 Å². The lowest BCUT2D eigenvalue weighted by Gasteiger charge is -2.16. The topological polar surface area (TPSA) is 68.3 Å². The van der Waals surface area contributed by atoms with E-state index in [0.717, 1.165) is 35.5 Å². The minimum Gasteiger partial charge on any atom is -0.464 e. The molecular formula is C19H19N3O3S. The number of aromatic nitrogens is 2. The van der Waals surface area contributed by atoms with Crippen LogP contribution < -0.4 is 0 Å². The van der Waals surface area contributed by atoms with Gasteiger partial charge in [-0.15, -0.1) is 0 Å². The van der Waals surface area contributed by atoms with E-state index in [4.69, 9.17) is 4.42 Å². The van der Waals surface area contributed by atoms with Crippen molar-refractivity contribution in [3.63, 3.8) is 0 Å². The van der Waals surface area contributed by atoms with Crippen LogP contribution in [0.25, 0.3) is 11.3 Å². The number of aryl methyl sites for hydroxylation is 1. The molecular weight excluding hydrogens is 350 g/mol. The van der Waals surface area contributed by atoms with Gasteiger partial charge in [0, 0.05) is 49.9 Å². The molecule has 5 rings (SSSR count). The van der Waals surface area contributed by atoms with Gasteiger partial charge in [0.15, 0.2) is 9.84 Å². The molecule has 0 aliphatic carbocycles. The fourth-order valence-corrected chi connectivity index (χ4v) is 6.46. The smallest absolute Gasteiger partial charge is 0.183 e. The summed E-state index contributed by atoms with van der Waals surface area (Å²) in [7, 11) is -1.39. The molecule has 2 atom stereocenters. The predicted molar refractivity (Wildman–Crippen MR) is 96.3 cm³/mol. The molecule has 6 nitrogen and oxygen atoms in total. The Labute approximate surface area is 152 Å². The van der Waals surface area contributed by atoms with Crippen LogP contribution in [0.4, 0.5) is 0 Å². The summed E-state index contributed by atoms with van der Waals surface area (Å²) in [6, 6.07) is 9.30. The Morgan fingerprint density at radius 3 is 2.88 bits per heavy atom. The van der Waals surface area contributed by atoms with Crippen molar-refractivity contribution >= 4 is 9.84 Å². The van der Waals surface area contributed by atoms with Gasteiger partial charge in [-0.05, 0) is 35.9 Å². The van der Waals surface area contributed by atoms with Crippen LogP contribution >= 0.6 is 0 Å². The van der Waals surface area contributed by atoms with Crippen molar-refractivity contribution in [2.45, 2.75) is 22.6 Å². The maximum atomic E-state index is 13.0. The Morgan fingerprint density at radius 2 is 2.15 bits per heavy atom. The molecule has 0 amide bonds. The molecule has 7 heteroatoms. The minimum absolute atomic E-state index is 0.0154. The van der Waals surface area contributed by atoms with E-state index >= 15 is 0 Å². The second kappa shape index (κ2) is 5.56. The standard InChI is InChI=1S/C19H19N3O3S/c1-21-9-13(8-20-21)10-22-11-16-15-7-14(17-3-2-6-25-17)4-5-18(15)26(23,24)19(16)12-22/h2-9,16,19H,10-12H2,1H3. The van der Waals surface area contributed by atoms with Crippen LogP contribution in [0, 0.1) is 0 Å². The maximum Gasteiger partial charge on any atom is 0.183 e. The molecule has 2 unspecified atom stereocenters. The molecule has 2 aliphatic heterocycles. The van der Waals surface area contributed by atoms with E-state index in [0.29, 0.717) is 11.4 Å². The molecule has 1 aromatic carbocycles. The third kappa shape index (κ3) is 2.34. The number of likely N-dealkylation sites (tertiary alicyclic amines) is 1. The molecule has 4 heterocycles. The van der Waals surface area contributed by atoms with E-state index in [-0.39, 0.29) is 11.2 Å². The van der Waals surface area contributed by atoms with Crippen molar-refractivity contribution in [3.05, 3.63) is 60.1 Å². The number of hydrogen-bond donors (Lipinski definition) is 0. The highest BCUT2D eigenvalue weighted by atomic mass is 32.2. The number of benzene rings is 1. The zero-order valence-electron chi connectivity index (χ0n) is 14.4. The van der Waals surface area contributed by atoms with Crippen molar-refractivity contribution in [2.24, 2.45) is 7.05 Å². The van der Waals surface area contributed by atoms with Gasteiger partial charge in [-0.1, -0.05) is 0 Å². The highest BCUT2D eigenvalue weighted by Crippen LogP contribution is 2.46. The van der Waals surface area contributed by atoms with Crippen LogP contribution in [0.15, 0.2) is 58.3 Å². The van der Waals surface area contributed by atoms with E-state index in [9.17, 15) is 8.42 Å². The molecule has 2 aromatic heterocycles. The van der Waals surface area contributed by atoms with Crippen molar-refractivity contribution in [3.8, 4) is 11.3 Å². The van der Waals surface area contributed by atoms with Gasteiger partial charge in [0.2, 0.25) is 0 Å². The molecule has 0 radical (unpaired) electrons. The highest BCUT2D eigenvalue weighted by molar-refractivity contribution is 7.92. The first-order chi connectivity index (χ1) is 12.5. The lowest BCUT2D eigenvalue weighted by molar-refractivity contribution is 0.325. The molecule has 3 aromatic rings. The zero-order valence-corrected chi connectivity index (χ0v) is 15.2. The van der Waals surface area contributed by atoms with Crippen molar-refractivity contribution < 1.29 is 12.8 Å². The van der Waals surface area contributed by atoms with Crippen LogP contribution in [0.3, 0.4) is 0 Å². The Balaban J connectivity index is 1.48. The summed E-state index contributed by atoms with van der Waals surface area (Å²) in [5.41, 5.74) is 2.96. The summed E-state index contributed by atoms with van der Waals surface area (Å²) in [5, 5.41) is 3.84. The third-order valence-corrected chi connectivity index (χ3v) is 7.69. The Bertz CT molecular complexity index is 1070. The average molecular weight is 369 g/mol. The van der Waals surface area contributed by atoms with Gasteiger partial charge in [-0.25, -0.2) is 8.42 Å². The number of fused-ring (bicyclic) bond motifs is 3. The quantitative estimate of drug-likeness (QED) is 0.709. The van der Waals surface area contributed by atoms with Gasteiger partial charge >= 0.3 is 0 Å². The van der Waals surface area contributed by atoms with Gasteiger partial charge in [-0.2, -0.15) is 5.10 Å². The molecule has 0 spiro atoms. The lowest BCUT2D eigenvalue weighted by Crippen LogP contribution is -2.25. The third-order valence-electron chi connectivity index (χ3n) is 5.43. The second-order valence-electron chi connectivity index (χ2n) is 7.14.